The number of carbonyl (C=O) groups excluding carboxylic acids is 1. The third kappa shape index (κ3) is 3.33. The Hall–Kier alpha value is -2.04. The molecule has 0 N–H and O–H groups in total. The van der Waals surface area contributed by atoms with Gasteiger partial charge in [0, 0.05) is 5.56 Å². The summed E-state index contributed by atoms with van der Waals surface area (Å²) in [5, 5.41) is 0. The molecule has 0 atom stereocenters. The van der Waals surface area contributed by atoms with Gasteiger partial charge < -0.3 is 4.74 Å². The number of esters is 1. The van der Waals surface area contributed by atoms with E-state index < -0.39 is 0 Å². The van der Waals surface area contributed by atoms with Crippen LogP contribution in [0.1, 0.15) is 9.67 Å². The van der Waals surface area contributed by atoms with E-state index in [1.54, 1.807) is 11.8 Å². The smallest absolute Gasteiger partial charge is 0.348 e. The average molecular weight is 340 g/mol. The number of rotatable bonds is 4. The highest BCUT2D eigenvalue weighted by atomic mass is 32.2. The Morgan fingerprint density at radius 1 is 0.957 bits per heavy atom. The van der Waals surface area contributed by atoms with Gasteiger partial charge in [0.25, 0.3) is 0 Å². The van der Waals surface area contributed by atoms with Crippen LogP contribution in [0.4, 0.5) is 0 Å². The van der Waals surface area contributed by atoms with Crippen molar-refractivity contribution < 1.29 is 9.53 Å². The lowest BCUT2D eigenvalue weighted by Gasteiger charge is -2.06. The molecule has 0 radical (unpaired) electrons. The summed E-state index contributed by atoms with van der Waals surface area (Å²) >= 11 is 3.13. The molecule has 0 aliphatic carbocycles. The molecule has 0 saturated carbocycles. The number of hydrogen-bond donors (Lipinski definition) is 0. The fourth-order valence-electron chi connectivity index (χ4n) is 2.43. The van der Waals surface area contributed by atoms with Crippen LogP contribution in [0.3, 0.4) is 0 Å². The van der Waals surface area contributed by atoms with Crippen LogP contribution in [-0.2, 0) is 4.74 Å². The third-order valence-electron chi connectivity index (χ3n) is 3.55. The van der Waals surface area contributed by atoms with Crippen molar-refractivity contribution in [3.05, 3.63) is 65.5 Å². The molecule has 23 heavy (non-hydrogen) atoms. The Kier molecular flexibility index (Phi) is 4.84. The lowest BCUT2D eigenvalue weighted by molar-refractivity contribution is 0.0606. The zero-order valence-electron chi connectivity index (χ0n) is 12.9. The van der Waals surface area contributed by atoms with Gasteiger partial charge in [-0.05, 0) is 35.1 Å². The summed E-state index contributed by atoms with van der Waals surface area (Å²) in [6.45, 7) is 0. The fraction of sp³-hybridized carbons (Fsp3) is 0.105. The minimum Gasteiger partial charge on any atom is -0.465 e. The van der Waals surface area contributed by atoms with Gasteiger partial charge in [0.15, 0.2) is 0 Å². The quantitative estimate of drug-likeness (QED) is 0.457. The first kappa shape index (κ1) is 15.8. The molecule has 2 aromatic carbocycles. The minimum atomic E-state index is -0.282. The second-order valence-corrected chi connectivity index (χ2v) is 7.08. The SMILES string of the molecule is COC(=O)c1cc(-c2cccc(-c3ccccc3)c2)c(SC)s1. The van der Waals surface area contributed by atoms with Gasteiger partial charge in [-0.3, -0.25) is 0 Å². The van der Waals surface area contributed by atoms with E-state index >= 15 is 0 Å². The summed E-state index contributed by atoms with van der Waals surface area (Å²) in [5.74, 6) is -0.282. The van der Waals surface area contributed by atoms with Gasteiger partial charge in [0.2, 0.25) is 0 Å². The van der Waals surface area contributed by atoms with Crippen molar-refractivity contribution in [3.63, 3.8) is 0 Å². The maximum absolute atomic E-state index is 11.8. The molecule has 0 aliphatic heterocycles. The highest BCUT2D eigenvalue weighted by Crippen LogP contribution is 2.39. The molecule has 0 fully saturated rings. The summed E-state index contributed by atoms with van der Waals surface area (Å²) < 4.78 is 5.96. The predicted molar refractivity (Wildman–Crippen MR) is 98.3 cm³/mol. The molecule has 0 amide bonds. The Bertz CT molecular complexity index is 822. The van der Waals surface area contributed by atoms with Crippen molar-refractivity contribution in [2.45, 2.75) is 4.21 Å². The number of hydrogen-bond acceptors (Lipinski definition) is 4. The highest BCUT2D eigenvalue weighted by molar-refractivity contribution is 8.00. The third-order valence-corrected chi connectivity index (χ3v) is 5.80. The zero-order valence-corrected chi connectivity index (χ0v) is 14.5. The van der Waals surface area contributed by atoms with Gasteiger partial charge in [-0.2, -0.15) is 0 Å². The summed E-state index contributed by atoms with van der Waals surface area (Å²) in [6, 6.07) is 20.6. The summed E-state index contributed by atoms with van der Waals surface area (Å²) in [5.41, 5.74) is 4.55. The highest BCUT2D eigenvalue weighted by Gasteiger charge is 2.16. The number of thioether (sulfide) groups is 1. The molecule has 0 saturated heterocycles. The number of thiophene rings is 1. The van der Waals surface area contributed by atoms with E-state index in [4.69, 9.17) is 4.74 Å². The number of methoxy groups -OCH3 is 1. The van der Waals surface area contributed by atoms with Crippen LogP contribution in [0.2, 0.25) is 0 Å². The van der Waals surface area contributed by atoms with Crippen LogP contribution in [0.15, 0.2) is 64.9 Å². The second-order valence-electron chi connectivity index (χ2n) is 4.95. The maximum Gasteiger partial charge on any atom is 0.348 e. The summed E-state index contributed by atoms with van der Waals surface area (Å²) in [4.78, 5) is 12.4. The minimum absolute atomic E-state index is 0.282. The topological polar surface area (TPSA) is 26.3 Å². The van der Waals surface area contributed by atoms with Crippen molar-refractivity contribution in [1.29, 1.82) is 0 Å². The first-order valence-corrected chi connectivity index (χ1v) is 9.19. The first-order chi connectivity index (χ1) is 11.2. The van der Waals surface area contributed by atoms with Crippen molar-refractivity contribution in [2.24, 2.45) is 0 Å². The van der Waals surface area contributed by atoms with Gasteiger partial charge in [-0.25, -0.2) is 4.79 Å². The first-order valence-electron chi connectivity index (χ1n) is 7.15. The molecule has 3 aromatic rings. The molecule has 0 aliphatic rings. The fourth-order valence-corrected chi connectivity index (χ4v) is 4.25. The van der Waals surface area contributed by atoms with Gasteiger partial charge in [0.05, 0.1) is 11.3 Å². The normalized spacial score (nSPS) is 10.5. The van der Waals surface area contributed by atoms with E-state index in [0.717, 1.165) is 15.3 Å². The maximum atomic E-state index is 11.8. The van der Waals surface area contributed by atoms with Crippen LogP contribution >= 0.6 is 23.1 Å². The zero-order chi connectivity index (χ0) is 16.2. The van der Waals surface area contributed by atoms with Crippen LogP contribution in [0, 0.1) is 0 Å². The van der Waals surface area contributed by atoms with E-state index in [1.807, 2.05) is 30.5 Å². The van der Waals surface area contributed by atoms with Gasteiger partial charge in [-0.1, -0.05) is 48.5 Å². The molecule has 4 heteroatoms. The largest absolute Gasteiger partial charge is 0.465 e. The Labute approximate surface area is 144 Å². The van der Waals surface area contributed by atoms with Gasteiger partial charge in [0.1, 0.15) is 4.88 Å². The van der Waals surface area contributed by atoms with E-state index in [-0.39, 0.29) is 5.97 Å². The second kappa shape index (κ2) is 7.02. The molecule has 0 unspecified atom stereocenters. The van der Waals surface area contributed by atoms with E-state index in [1.165, 1.54) is 29.6 Å². The lowest BCUT2D eigenvalue weighted by atomic mass is 10.0. The van der Waals surface area contributed by atoms with Crippen molar-refractivity contribution in [2.75, 3.05) is 13.4 Å². The molecule has 3 rings (SSSR count). The molecule has 2 nitrogen and oxygen atoms in total. The molecule has 0 spiro atoms. The molecular formula is C19H16O2S2. The molecule has 116 valence electrons. The number of benzene rings is 2. The predicted octanol–water partition coefficient (Wildman–Crippen LogP) is 5.59. The molecular weight excluding hydrogens is 324 g/mol. The van der Waals surface area contributed by atoms with E-state index in [2.05, 4.69) is 36.4 Å². The summed E-state index contributed by atoms with van der Waals surface area (Å²) in [6.07, 6.45) is 2.03. The van der Waals surface area contributed by atoms with Crippen LogP contribution in [-0.4, -0.2) is 19.3 Å². The Balaban J connectivity index is 2.05. The standard InChI is InChI=1S/C19H16O2S2/c1-21-18(20)17-12-16(19(22-2)23-17)15-10-6-9-14(11-15)13-7-4-3-5-8-13/h3-12H,1-2H3. The number of ether oxygens (including phenoxy) is 1. The van der Waals surface area contributed by atoms with Crippen molar-refractivity contribution in [3.8, 4) is 22.3 Å². The van der Waals surface area contributed by atoms with Gasteiger partial charge in [-0.15, -0.1) is 23.1 Å². The average Bonchev–Trinajstić information content (AvgIpc) is 3.06. The Morgan fingerprint density at radius 3 is 2.35 bits per heavy atom. The summed E-state index contributed by atoms with van der Waals surface area (Å²) in [7, 11) is 1.41. The monoisotopic (exact) mass is 340 g/mol. The lowest BCUT2D eigenvalue weighted by Crippen LogP contribution is -1.96. The molecule has 1 heterocycles. The molecule has 0 bridgehead atoms. The van der Waals surface area contributed by atoms with Gasteiger partial charge >= 0.3 is 5.97 Å². The van der Waals surface area contributed by atoms with Crippen LogP contribution < -0.4 is 0 Å². The van der Waals surface area contributed by atoms with E-state index in [0.29, 0.717) is 4.88 Å². The van der Waals surface area contributed by atoms with Crippen LogP contribution in [0.25, 0.3) is 22.3 Å². The van der Waals surface area contributed by atoms with Crippen molar-refractivity contribution >= 4 is 29.1 Å². The van der Waals surface area contributed by atoms with Crippen LogP contribution in [0.5, 0.6) is 0 Å². The van der Waals surface area contributed by atoms with E-state index in [9.17, 15) is 4.79 Å². The number of carbonyl (C=O) groups is 1. The molecule has 1 aromatic heterocycles. The van der Waals surface area contributed by atoms with Crippen molar-refractivity contribution in [1.82, 2.24) is 0 Å². The Morgan fingerprint density at radius 2 is 1.65 bits per heavy atom.